The largest absolute Gasteiger partial charge is 0.452 e. The second-order valence-corrected chi connectivity index (χ2v) is 8.92. The first-order chi connectivity index (χ1) is 16.2. The number of sulfonamides is 1. The number of hydrogen-bond donors (Lipinski definition) is 2. The maximum Gasteiger partial charge on any atom is 0.413 e. The number of methoxy groups -OCH3 is 1. The molecule has 2 aromatic rings. The lowest BCUT2D eigenvalue weighted by molar-refractivity contribution is -0.119. The molecular formula is C22H24N4O7S. The number of esters is 1. The lowest BCUT2D eigenvalue weighted by atomic mass is 10.1. The molecule has 0 saturated heterocycles. The van der Waals surface area contributed by atoms with Gasteiger partial charge in [0.05, 0.1) is 23.3 Å². The van der Waals surface area contributed by atoms with Gasteiger partial charge in [-0.2, -0.15) is 0 Å². The zero-order valence-corrected chi connectivity index (χ0v) is 19.4. The molecule has 1 aliphatic rings. The summed E-state index contributed by atoms with van der Waals surface area (Å²) in [6.45, 7) is -0.0444. The molecular weight excluding hydrogens is 464 g/mol. The maximum atomic E-state index is 12.5. The fourth-order valence-corrected chi connectivity index (χ4v) is 4.29. The van der Waals surface area contributed by atoms with Gasteiger partial charge in [0.25, 0.3) is 15.9 Å². The first-order valence-electron chi connectivity index (χ1n) is 10.2. The van der Waals surface area contributed by atoms with Crippen molar-refractivity contribution < 1.29 is 32.3 Å². The Balaban J connectivity index is 1.62. The predicted octanol–water partition coefficient (Wildman–Crippen LogP) is 2.16. The summed E-state index contributed by atoms with van der Waals surface area (Å²) >= 11 is 0. The highest BCUT2D eigenvalue weighted by molar-refractivity contribution is 7.90. The Morgan fingerprint density at radius 2 is 1.88 bits per heavy atom. The number of amides is 2. The van der Waals surface area contributed by atoms with Gasteiger partial charge in [0.2, 0.25) is 0 Å². The number of ether oxygens (including phenoxy) is 2. The molecule has 0 aliphatic carbocycles. The number of para-hydroxylation sites is 1. The second-order valence-electron chi connectivity index (χ2n) is 7.24. The summed E-state index contributed by atoms with van der Waals surface area (Å²) in [5.74, 6) is -1.09. The van der Waals surface area contributed by atoms with Gasteiger partial charge < -0.3 is 14.8 Å². The minimum absolute atomic E-state index is 0.0448. The van der Waals surface area contributed by atoms with Gasteiger partial charge in [0.1, 0.15) is 5.84 Å². The zero-order chi connectivity index (χ0) is 24.7. The van der Waals surface area contributed by atoms with Gasteiger partial charge in [-0.15, -0.1) is 0 Å². The Bertz CT molecular complexity index is 1230. The fraction of sp³-hybridized carbons (Fsp3) is 0.273. The molecule has 0 aromatic heterocycles. The van der Waals surface area contributed by atoms with Crippen molar-refractivity contribution in [2.75, 3.05) is 37.5 Å². The Labute approximate surface area is 196 Å². The highest BCUT2D eigenvalue weighted by Gasteiger charge is 2.21. The number of rotatable bonds is 7. The zero-order valence-electron chi connectivity index (χ0n) is 18.6. The Morgan fingerprint density at radius 1 is 1.12 bits per heavy atom. The predicted molar refractivity (Wildman–Crippen MR) is 124 cm³/mol. The molecule has 2 amide bonds. The third-order valence-electron chi connectivity index (χ3n) is 4.82. The summed E-state index contributed by atoms with van der Waals surface area (Å²) in [5, 5.41) is 2.50. The summed E-state index contributed by atoms with van der Waals surface area (Å²) in [5.41, 5.74) is 0.525. The molecule has 1 heterocycles. The monoisotopic (exact) mass is 488 g/mol. The van der Waals surface area contributed by atoms with E-state index < -0.39 is 34.6 Å². The molecule has 0 bridgehead atoms. The van der Waals surface area contributed by atoms with Gasteiger partial charge in [0.15, 0.2) is 6.61 Å². The van der Waals surface area contributed by atoms with Crippen LogP contribution in [-0.4, -0.2) is 59.5 Å². The van der Waals surface area contributed by atoms with Crippen molar-refractivity contribution in [1.82, 2.24) is 4.72 Å². The Morgan fingerprint density at radius 3 is 2.59 bits per heavy atom. The second kappa shape index (κ2) is 10.8. The third kappa shape index (κ3) is 6.10. The van der Waals surface area contributed by atoms with E-state index in [0.29, 0.717) is 18.8 Å². The molecule has 0 saturated carbocycles. The normalized spacial score (nSPS) is 12.9. The van der Waals surface area contributed by atoms with Crippen molar-refractivity contribution >= 4 is 45.2 Å². The van der Waals surface area contributed by atoms with Crippen molar-refractivity contribution in [3.8, 4) is 0 Å². The molecule has 0 atom stereocenters. The first-order valence-corrected chi connectivity index (χ1v) is 11.7. The van der Waals surface area contributed by atoms with Crippen LogP contribution < -0.4 is 14.9 Å². The average Bonchev–Trinajstić information content (AvgIpc) is 3.34. The van der Waals surface area contributed by atoms with Gasteiger partial charge >= 0.3 is 12.1 Å². The Kier molecular flexibility index (Phi) is 7.84. The maximum absolute atomic E-state index is 12.5. The van der Waals surface area contributed by atoms with E-state index in [1.807, 2.05) is 0 Å². The van der Waals surface area contributed by atoms with E-state index >= 15 is 0 Å². The van der Waals surface area contributed by atoms with E-state index in [2.05, 4.69) is 19.8 Å². The van der Waals surface area contributed by atoms with E-state index in [1.54, 1.807) is 12.1 Å². The number of nitrogens with one attached hydrogen (secondary N) is 2. The van der Waals surface area contributed by atoms with Crippen LogP contribution in [0.25, 0.3) is 0 Å². The molecule has 0 unspecified atom stereocenters. The third-order valence-corrected chi connectivity index (χ3v) is 6.20. The van der Waals surface area contributed by atoms with Gasteiger partial charge in [0, 0.05) is 25.7 Å². The molecule has 12 heteroatoms. The number of carbonyl (C=O) groups is 3. The number of anilines is 2. The molecule has 1 aliphatic heterocycles. The van der Waals surface area contributed by atoms with E-state index in [4.69, 9.17) is 4.74 Å². The molecule has 11 nitrogen and oxygen atoms in total. The van der Waals surface area contributed by atoms with E-state index in [1.165, 1.54) is 50.6 Å². The SMILES string of the molecule is COC(=O)N(C)c1ccccc1C(=O)OCC(=O)Nc1cccc(S(=O)(=O)NC2=NCCC2)c1. The molecule has 180 valence electrons. The molecule has 0 fully saturated rings. The molecule has 0 radical (unpaired) electrons. The lowest BCUT2D eigenvalue weighted by Gasteiger charge is -2.18. The molecule has 34 heavy (non-hydrogen) atoms. The van der Waals surface area contributed by atoms with Crippen LogP contribution in [0.5, 0.6) is 0 Å². The number of benzene rings is 2. The van der Waals surface area contributed by atoms with Crippen LogP contribution in [0.1, 0.15) is 23.2 Å². The summed E-state index contributed by atoms with van der Waals surface area (Å²) in [6.07, 6.45) is 0.665. The smallest absolute Gasteiger partial charge is 0.413 e. The summed E-state index contributed by atoms with van der Waals surface area (Å²) in [7, 11) is -1.20. The first kappa shape index (κ1) is 24.7. The van der Waals surface area contributed by atoms with Crippen molar-refractivity contribution in [2.24, 2.45) is 4.99 Å². The van der Waals surface area contributed by atoms with Crippen LogP contribution in [0.3, 0.4) is 0 Å². The van der Waals surface area contributed by atoms with Gasteiger partial charge in [-0.3, -0.25) is 19.4 Å². The minimum Gasteiger partial charge on any atom is -0.452 e. The quantitative estimate of drug-likeness (QED) is 0.568. The van der Waals surface area contributed by atoms with Crippen LogP contribution >= 0.6 is 0 Å². The number of nitrogens with zero attached hydrogens (tertiary/aromatic N) is 2. The standard InChI is InChI=1S/C22H24N4O7S/c1-26(22(29)32-2)18-10-4-3-9-17(18)21(28)33-14-20(27)24-15-7-5-8-16(13-15)34(30,31)25-19-11-6-12-23-19/h3-5,7-10,13H,6,11-12,14H2,1-2H3,(H,23,25)(H,24,27). The Hall–Kier alpha value is -3.93. The molecule has 2 N–H and O–H groups in total. The number of carbonyl (C=O) groups excluding carboxylic acids is 3. The van der Waals surface area contributed by atoms with E-state index in [-0.39, 0.29) is 21.8 Å². The van der Waals surface area contributed by atoms with Crippen molar-refractivity contribution in [2.45, 2.75) is 17.7 Å². The summed E-state index contributed by atoms with van der Waals surface area (Å²) < 4.78 is 37.3. The lowest BCUT2D eigenvalue weighted by Crippen LogP contribution is -2.29. The summed E-state index contributed by atoms with van der Waals surface area (Å²) in [6, 6.07) is 11.9. The van der Waals surface area contributed by atoms with Gasteiger partial charge in [-0.05, 0) is 36.8 Å². The van der Waals surface area contributed by atoms with E-state index in [0.717, 1.165) is 11.3 Å². The van der Waals surface area contributed by atoms with Gasteiger partial charge in [-0.25, -0.2) is 18.0 Å². The highest BCUT2D eigenvalue weighted by Crippen LogP contribution is 2.21. The average molecular weight is 489 g/mol. The highest BCUT2D eigenvalue weighted by atomic mass is 32.2. The van der Waals surface area contributed by atoms with Crippen molar-refractivity contribution in [3.63, 3.8) is 0 Å². The number of hydrogen-bond acceptors (Lipinski definition) is 8. The van der Waals surface area contributed by atoms with Crippen LogP contribution in [0.4, 0.5) is 16.2 Å². The molecule has 3 rings (SSSR count). The molecule has 0 spiro atoms. The molecule has 2 aromatic carbocycles. The van der Waals surface area contributed by atoms with Crippen LogP contribution in [-0.2, 0) is 24.3 Å². The van der Waals surface area contributed by atoms with Crippen LogP contribution in [0.2, 0.25) is 0 Å². The summed E-state index contributed by atoms with van der Waals surface area (Å²) in [4.78, 5) is 41.8. The van der Waals surface area contributed by atoms with Crippen molar-refractivity contribution in [1.29, 1.82) is 0 Å². The minimum atomic E-state index is -3.85. The van der Waals surface area contributed by atoms with Crippen LogP contribution in [0, 0.1) is 0 Å². The van der Waals surface area contributed by atoms with Gasteiger partial charge in [-0.1, -0.05) is 18.2 Å². The van der Waals surface area contributed by atoms with E-state index in [9.17, 15) is 22.8 Å². The fourth-order valence-electron chi connectivity index (χ4n) is 3.16. The number of amidine groups is 1. The van der Waals surface area contributed by atoms with Crippen LogP contribution in [0.15, 0.2) is 58.4 Å². The van der Waals surface area contributed by atoms with Crippen molar-refractivity contribution in [3.05, 3.63) is 54.1 Å². The number of aliphatic imine (C=N–C) groups is 1. The topological polar surface area (TPSA) is 143 Å².